The number of hydrogen-bond donors (Lipinski definition) is 4. The second kappa shape index (κ2) is 13.5. The third kappa shape index (κ3) is 9.70. The molecule has 0 spiro atoms. The summed E-state index contributed by atoms with van der Waals surface area (Å²) in [6.07, 6.45) is 17.6. The molecule has 0 amide bonds. The van der Waals surface area contributed by atoms with E-state index in [1.807, 2.05) is 6.08 Å². The number of carboxylic acid groups (broad SMARTS) is 1. The summed E-state index contributed by atoms with van der Waals surface area (Å²) in [5, 5.41) is 38.9. The molecule has 5 atom stereocenters. The lowest BCUT2D eigenvalue weighted by molar-refractivity contribution is -0.137. The summed E-state index contributed by atoms with van der Waals surface area (Å²) in [5.74, 6) is -1.29. The molecule has 5 nitrogen and oxygen atoms in total. The van der Waals surface area contributed by atoms with Gasteiger partial charge in [0.15, 0.2) is 0 Å². The molecule has 0 bridgehead atoms. The molecule has 152 valence electrons. The summed E-state index contributed by atoms with van der Waals surface area (Å²) in [7, 11) is 0. The molecule has 27 heavy (non-hydrogen) atoms. The zero-order valence-electron chi connectivity index (χ0n) is 16.2. The number of aliphatic carboxylic acids is 1. The van der Waals surface area contributed by atoms with Crippen LogP contribution in [0.15, 0.2) is 48.6 Å². The molecule has 0 saturated heterocycles. The van der Waals surface area contributed by atoms with Crippen LogP contribution in [0.5, 0.6) is 0 Å². The monoisotopic (exact) mass is 378 g/mol. The standard InChI is InChI=1S/C22H34O5/c1-2-3-4-5-6-7-8-9-10-11-18-19(21(25)16-20(18)24)14-12-17(23)13-15-22(26)27/h3-4,6-7,9-10,12,14,17-21,23-25H,2,5,8,11,13,15-16H2,1H3,(H,26,27)/b4-3-,7-6-,10-9-,14-12+/t17-,18+,19-,20-,21+/m1/s1. The Morgan fingerprint density at radius 2 is 1.67 bits per heavy atom. The fourth-order valence-electron chi connectivity index (χ4n) is 3.29. The minimum Gasteiger partial charge on any atom is -0.481 e. The highest BCUT2D eigenvalue weighted by atomic mass is 16.4. The summed E-state index contributed by atoms with van der Waals surface area (Å²) >= 11 is 0. The molecule has 1 aliphatic rings. The smallest absolute Gasteiger partial charge is 0.303 e. The van der Waals surface area contributed by atoms with E-state index >= 15 is 0 Å². The van der Waals surface area contributed by atoms with Crippen LogP contribution in [0, 0.1) is 11.8 Å². The van der Waals surface area contributed by atoms with Crippen molar-refractivity contribution >= 4 is 5.97 Å². The highest BCUT2D eigenvalue weighted by molar-refractivity contribution is 5.66. The molecule has 0 radical (unpaired) electrons. The van der Waals surface area contributed by atoms with Gasteiger partial charge in [-0.1, -0.05) is 55.5 Å². The van der Waals surface area contributed by atoms with E-state index in [2.05, 4.69) is 37.3 Å². The van der Waals surface area contributed by atoms with E-state index in [4.69, 9.17) is 5.11 Å². The minimum atomic E-state index is -0.947. The number of carboxylic acids is 1. The van der Waals surface area contributed by atoms with Crippen LogP contribution in [0.2, 0.25) is 0 Å². The summed E-state index contributed by atoms with van der Waals surface area (Å²) in [4.78, 5) is 10.5. The van der Waals surface area contributed by atoms with E-state index in [1.54, 1.807) is 6.08 Å². The first kappa shape index (κ1) is 23.3. The van der Waals surface area contributed by atoms with Crippen LogP contribution < -0.4 is 0 Å². The lowest BCUT2D eigenvalue weighted by atomic mass is 9.89. The molecule has 1 fully saturated rings. The van der Waals surface area contributed by atoms with Crippen molar-refractivity contribution in [2.75, 3.05) is 0 Å². The lowest BCUT2D eigenvalue weighted by Crippen LogP contribution is -2.20. The van der Waals surface area contributed by atoms with Crippen LogP contribution in [0.25, 0.3) is 0 Å². The number of allylic oxidation sites excluding steroid dienone is 6. The van der Waals surface area contributed by atoms with Crippen molar-refractivity contribution in [3.63, 3.8) is 0 Å². The maximum atomic E-state index is 10.5. The summed E-state index contributed by atoms with van der Waals surface area (Å²) in [5.41, 5.74) is 0. The predicted octanol–water partition coefficient (Wildman–Crippen LogP) is 3.38. The van der Waals surface area contributed by atoms with E-state index in [-0.39, 0.29) is 24.7 Å². The Morgan fingerprint density at radius 3 is 2.30 bits per heavy atom. The molecule has 1 rings (SSSR count). The summed E-state index contributed by atoms with van der Waals surface area (Å²) in [6.45, 7) is 2.11. The third-order valence-electron chi connectivity index (χ3n) is 4.81. The van der Waals surface area contributed by atoms with Gasteiger partial charge in [0.2, 0.25) is 0 Å². The molecule has 4 N–H and O–H groups in total. The van der Waals surface area contributed by atoms with Gasteiger partial charge in [-0.3, -0.25) is 4.79 Å². The molecule has 1 aliphatic carbocycles. The first-order valence-electron chi connectivity index (χ1n) is 9.85. The molecule has 0 aliphatic heterocycles. The van der Waals surface area contributed by atoms with Crippen molar-refractivity contribution in [2.45, 2.75) is 70.2 Å². The van der Waals surface area contributed by atoms with Gasteiger partial charge in [0.25, 0.3) is 0 Å². The van der Waals surface area contributed by atoms with Crippen LogP contribution in [0.3, 0.4) is 0 Å². The van der Waals surface area contributed by atoms with Crippen LogP contribution in [0.1, 0.15) is 51.9 Å². The Hall–Kier alpha value is -1.69. The Morgan fingerprint density at radius 1 is 1.04 bits per heavy atom. The van der Waals surface area contributed by atoms with E-state index in [0.29, 0.717) is 12.8 Å². The second-order valence-electron chi connectivity index (χ2n) is 7.03. The first-order chi connectivity index (χ1) is 13.0. The summed E-state index contributed by atoms with van der Waals surface area (Å²) in [6, 6.07) is 0. The van der Waals surface area contributed by atoms with Gasteiger partial charge in [0.05, 0.1) is 18.3 Å². The number of rotatable bonds is 12. The molecule has 1 saturated carbocycles. The first-order valence-corrected chi connectivity index (χ1v) is 9.85. The normalized spacial score (nSPS) is 27.6. The highest BCUT2D eigenvalue weighted by Gasteiger charge is 2.39. The molecule has 0 heterocycles. The van der Waals surface area contributed by atoms with Gasteiger partial charge in [-0.05, 0) is 38.0 Å². The average Bonchev–Trinajstić information content (AvgIpc) is 2.89. The van der Waals surface area contributed by atoms with Gasteiger partial charge in [-0.15, -0.1) is 0 Å². The van der Waals surface area contributed by atoms with E-state index in [0.717, 1.165) is 19.3 Å². The van der Waals surface area contributed by atoms with Crippen molar-refractivity contribution in [3.05, 3.63) is 48.6 Å². The van der Waals surface area contributed by atoms with Crippen molar-refractivity contribution in [1.29, 1.82) is 0 Å². The third-order valence-corrected chi connectivity index (χ3v) is 4.81. The average molecular weight is 379 g/mol. The highest BCUT2D eigenvalue weighted by Crippen LogP contribution is 2.36. The van der Waals surface area contributed by atoms with Crippen molar-refractivity contribution in [2.24, 2.45) is 11.8 Å². The predicted molar refractivity (Wildman–Crippen MR) is 107 cm³/mol. The van der Waals surface area contributed by atoms with E-state index in [1.165, 1.54) is 6.08 Å². The van der Waals surface area contributed by atoms with Gasteiger partial charge in [0.1, 0.15) is 0 Å². The Bertz CT molecular complexity index is 535. The quantitative estimate of drug-likeness (QED) is 0.390. The van der Waals surface area contributed by atoms with Crippen LogP contribution in [0.4, 0.5) is 0 Å². The molecular formula is C22H34O5. The fourth-order valence-corrected chi connectivity index (χ4v) is 3.29. The molecular weight excluding hydrogens is 344 g/mol. The molecule has 0 aromatic heterocycles. The number of aliphatic hydroxyl groups is 3. The SMILES string of the molecule is CC/C=C\C/C=C\C/C=C\C[C@H]1[C@@H](/C=C/[C@@H](O)CCC(=O)O)[C@@H](O)C[C@H]1O. The van der Waals surface area contributed by atoms with Gasteiger partial charge >= 0.3 is 5.97 Å². The molecule has 0 unspecified atom stereocenters. The Kier molecular flexibility index (Phi) is 11.7. The maximum absolute atomic E-state index is 10.5. The molecule has 0 aromatic rings. The van der Waals surface area contributed by atoms with Crippen LogP contribution in [-0.2, 0) is 4.79 Å². The van der Waals surface area contributed by atoms with Crippen LogP contribution >= 0.6 is 0 Å². The van der Waals surface area contributed by atoms with Crippen molar-refractivity contribution < 1.29 is 25.2 Å². The topological polar surface area (TPSA) is 98.0 Å². The van der Waals surface area contributed by atoms with E-state index < -0.39 is 24.3 Å². The number of aliphatic hydroxyl groups excluding tert-OH is 3. The van der Waals surface area contributed by atoms with Crippen molar-refractivity contribution in [3.8, 4) is 0 Å². The Balaban J connectivity index is 2.47. The lowest BCUT2D eigenvalue weighted by Gasteiger charge is -2.19. The van der Waals surface area contributed by atoms with Gasteiger partial charge in [-0.2, -0.15) is 0 Å². The zero-order chi connectivity index (χ0) is 20.1. The molecule has 0 aromatic carbocycles. The maximum Gasteiger partial charge on any atom is 0.303 e. The zero-order valence-corrected chi connectivity index (χ0v) is 16.2. The minimum absolute atomic E-state index is 0.101. The van der Waals surface area contributed by atoms with Crippen molar-refractivity contribution in [1.82, 2.24) is 0 Å². The largest absolute Gasteiger partial charge is 0.481 e. The molecule has 5 heteroatoms. The second-order valence-corrected chi connectivity index (χ2v) is 7.03. The van der Waals surface area contributed by atoms with Crippen LogP contribution in [-0.4, -0.2) is 44.7 Å². The Labute approximate surface area is 162 Å². The number of hydrogen-bond acceptors (Lipinski definition) is 4. The van der Waals surface area contributed by atoms with Gasteiger partial charge in [0, 0.05) is 18.8 Å². The van der Waals surface area contributed by atoms with E-state index in [9.17, 15) is 20.1 Å². The van der Waals surface area contributed by atoms with Gasteiger partial charge in [-0.25, -0.2) is 0 Å². The fraction of sp³-hybridized carbons (Fsp3) is 0.591. The summed E-state index contributed by atoms with van der Waals surface area (Å²) < 4.78 is 0. The van der Waals surface area contributed by atoms with Gasteiger partial charge < -0.3 is 20.4 Å². The number of carbonyl (C=O) groups is 1.